The number of hydrogen-bond acceptors (Lipinski definition) is 2. The monoisotopic (exact) mass is 309 g/mol. The lowest BCUT2D eigenvalue weighted by Gasteiger charge is -2.32. The van der Waals surface area contributed by atoms with Crippen LogP contribution in [0.4, 0.5) is 0 Å². The zero-order chi connectivity index (χ0) is 15.1. The number of halogens is 1. The molecule has 3 atom stereocenters. The highest BCUT2D eigenvalue weighted by Crippen LogP contribution is 2.33. The smallest absolute Gasteiger partial charge is 0.0967 e. The van der Waals surface area contributed by atoms with E-state index in [2.05, 4.69) is 25.2 Å². The number of benzene rings is 1. The molecule has 2 rings (SSSR count). The molecule has 1 aromatic rings. The number of hydrogen-bond donors (Lipinski definition) is 1. The van der Waals surface area contributed by atoms with Crippen molar-refractivity contribution in [2.45, 2.75) is 58.2 Å². The fraction of sp³-hybridized carbons (Fsp3) is 0.667. The lowest BCUT2D eigenvalue weighted by atomic mass is 9.85. The van der Waals surface area contributed by atoms with E-state index in [0.717, 1.165) is 29.6 Å². The fourth-order valence-corrected chi connectivity index (χ4v) is 3.47. The Labute approximate surface area is 134 Å². The first-order valence-electron chi connectivity index (χ1n) is 8.35. The van der Waals surface area contributed by atoms with E-state index in [4.69, 9.17) is 16.3 Å². The quantitative estimate of drug-likeness (QED) is 0.767. The summed E-state index contributed by atoms with van der Waals surface area (Å²) >= 11 is 6.36. The summed E-state index contributed by atoms with van der Waals surface area (Å²) in [5.41, 5.74) is 1.11. The van der Waals surface area contributed by atoms with Crippen LogP contribution in [0.1, 0.15) is 57.6 Å². The van der Waals surface area contributed by atoms with E-state index < -0.39 is 0 Å². The van der Waals surface area contributed by atoms with Crippen molar-refractivity contribution in [3.05, 3.63) is 34.9 Å². The third kappa shape index (κ3) is 4.98. The summed E-state index contributed by atoms with van der Waals surface area (Å²) in [4.78, 5) is 0. The van der Waals surface area contributed by atoms with Gasteiger partial charge < -0.3 is 10.1 Å². The van der Waals surface area contributed by atoms with Crippen LogP contribution in [0.5, 0.6) is 0 Å². The first kappa shape index (κ1) is 16.8. The van der Waals surface area contributed by atoms with Gasteiger partial charge in [0.2, 0.25) is 0 Å². The molecule has 0 amide bonds. The lowest BCUT2D eigenvalue weighted by molar-refractivity contribution is -0.0413. The maximum absolute atomic E-state index is 6.45. The Hall–Kier alpha value is -0.570. The van der Waals surface area contributed by atoms with Gasteiger partial charge in [-0.05, 0) is 31.4 Å². The summed E-state index contributed by atoms with van der Waals surface area (Å²) in [5, 5.41) is 4.21. The van der Waals surface area contributed by atoms with Gasteiger partial charge in [-0.25, -0.2) is 0 Å². The summed E-state index contributed by atoms with van der Waals surface area (Å²) in [6.07, 6.45) is 6.74. The van der Waals surface area contributed by atoms with Crippen molar-refractivity contribution in [3.8, 4) is 0 Å². The first-order valence-corrected chi connectivity index (χ1v) is 8.73. The number of rotatable bonds is 7. The van der Waals surface area contributed by atoms with Crippen molar-refractivity contribution < 1.29 is 4.74 Å². The van der Waals surface area contributed by atoms with Gasteiger partial charge in [-0.15, -0.1) is 0 Å². The molecule has 0 heterocycles. The third-order valence-corrected chi connectivity index (χ3v) is 4.84. The molecule has 1 aliphatic rings. The second-order valence-corrected chi connectivity index (χ2v) is 6.42. The van der Waals surface area contributed by atoms with Gasteiger partial charge >= 0.3 is 0 Å². The lowest BCUT2D eigenvalue weighted by Crippen LogP contribution is -2.30. The Morgan fingerprint density at radius 2 is 2.10 bits per heavy atom. The molecule has 1 fully saturated rings. The average Bonchev–Trinajstić information content (AvgIpc) is 2.52. The van der Waals surface area contributed by atoms with Crippen molar-refractivity contribution in [3.63, 3.8) is 0 Å². The summed E-state index contributed by atoms with van der Waals surface area (Å²) < 4.78 is 6.45. The Kier molecular flexibility index (Phi) is 7.01. The van der Waals surface area contributed by atoms with Crippen LogP contribution in [0.15, 0.2) is 24.3 Å². The van der Waals surface area contributed by atoms with Crippen LogP contribution in [-0.4, -0.2) is 19.2 Å². The molecule has 0 aromatic heterocycles. The Balaban J connectivity index is 2.04. The molecule has 0 spiro atoms. The maximum Gasteiger partial charge on any atom is 0.0967 e. The minimum Gasteiger partial charge on any atom is -0.369 e. The predicted molar refractivity (Wildman–Crippen MR) is 89.9 cm³/mol. The highest BCUT2D eigenvalue weighted by atomic mass is 35.5. The summed E-state index contributed by atoms with van der Waals surface area (Å²) in [6.45, 7) is 6.19. The standard InChI is InChI=1S/C18H28ClNO/c1-3-14-8-7-9-15(12-14)21-18(13-20-4-2)16-10-5-6-11-17(16)19/h5-6,10-11,14-15,18,20H,3-4,7-9,12-13H2,1-2H3. The Morgan fingerprint density at radius 3 is 2.81 bits per heavy atom. The van der Waals surface area contributed by atoms with E-state index in [1.54, 1.807) is 0 Å². The topological polar surface area (TPSA) is 21.3 Å². The van der Waals surface area contributed by atoms with E-state index in [1.807, 2.05) is 18.2 Å². The number of likely N-dealkylation sites (N-methyl/N-ethyl adjacent to an activating group) is 1. The average molecular weight is 310 g/mol. The van der Waals surface area contributed by atoms with Gasteiger partial charge in [-0.3, -0.25) is 0 Å². The molecular formula is C18H28ClNO. The molecule has 1 N–H and O–H groups in total. The molecule has 1 aromatic carbocycles. The maximum atomic E-state index is 6.45. The molecule has 2 nitrogen and oxygen atoms in total. The minimum atomic E-state index is 0.0549. The summed E-state index contributed by atoms with van der Waals surface area (Å²) in [5.74, 6) is 0.828. The highest BCUT2D eigenvalue weighted by molar-refractivity contribution is 6.31. The van der Waals surface area contributed by atoms with Crippen molar-refractivity contribution >= 4 is 11.6 Å². The second-order valence-electron chi connectivity index (χ2n) is 6.02. The molecule has 0 radical (unpaired) electrons. The van der Waals surface area contributed by atoms with Gasteiger partial charge in [-0.2, -0.15) is 0 Å². The van der Waals surface area contributed by atoms with Crippen LogP contribution in [-0.2, 0) is 4.74 Å². The van der Waals surface area contributed by atoms with Crippen molar-refractivity contribution in [2.24, 2.45) is 5.92 Å². The molecule has 0 bridgehead atoms. The van der Waals surface area contributed by atoms with Crippen molar-refractivity contribution in [1.82, 2.24) is 5.32 Å². The normalized spacial score (nSPS) is 24.0. The van der Waals surface area contributed by atoms with Gasteiger partial charge in [0.25, 0.3) is 0 Å². The molecular weight excluding hydrogens is 282 g/mol. The van der Waals surface area contributed by atoms with Gasteiger partial charge in [0, 0.05) is 17.1 Å². The highest BCUT2D eigenvalue weighted by Gasteiger charge is 2.25. The largest absolute Gasteiger partial charge is 0.369 e. The van der Waals surface area contributed by atoms with Crippen LogP contribution in [0.25, 0.3) is 0 Å². The fourth-order valence-electron chi connectivity index (χ4n) is 3.21. The van der Waals surface area contributed by atoms with Gasteiger partial charge in [0.15, 0.2) is 0 Å². The van der Waals surface area contributed by atoms with E-state index in [-0.39, 0.29) is 6.10 Å². The predicted octanol–water partition coefficient (Wildman–Crippen LogP) is 4.98. The van der Waals surface area contributed by atoms with Crippen molar-refractivity contribution in [2.75, 3.05) is 13.1 Å². The van der Waals surface area contributed by atoms with E-state index in [9.17, 15) is 0 Å². The molecule has 3 heteroatoms. The molecule has 1 aliphatic carbocycles. The van der Waals surface area contributed by atoms with Crippen LogP contribution in [0, 0.1) is 5.92 Å². The van der Waals surface area contributed by atoms with Crippen molar-refractivity contribution in [1.29, 1.82) is 0 Å². The minimum absolute atomic E-state index is 0.0549. The second kappa shape index (κ2) is 8.77. The zero-order valence-electron chi connectivity index (χ0n) is 13.3. The van der Waals surface area contributed by atoms with Crippen LogP contribution < -0.4 is 5.32 Å². The van der Waals surface area contributed by atoms with Gasteiger partial charge in [0.05, 0.1) is 12.2 Å². The summed E-state index contributed by atoms with van der Waals surface area (Å²) in [6, 6.07) is 8.06. The molecule has 21 heavy (non-hydrogen) atoms. The van der Waals surface area contributed by atoms with E-state index in [0.29, 0.717) is 6.10 Å². The Bertz CT molecular complexity index is 423. The van der Waals surface area contributed by atoms with Crippen LogP contribution >= 0.6 is 11.6 Å². The van der Waals surface area contributed by atoms with Gasteiger partial charge in [-0.1, -0.05) is 62.9 Å². The van der Waals surface area contributed by atoms with Crippen LogP contribution in [0.2, 0.25) is 5.02 Å². The Morgan fingerprint density at radius 1 is 1.29 bits per heavy atom. The van der Waals surface area contributed by atoms with Crippen LogP contribution in [0.3, 0.4) is 0 Å². The molecule has 1 saturated carbocycles. The molecule has 0 aliphatic heterocycles. The van der Waals surface area contributed by atoms with E-state index >= 15 is 0 Å². The molecule has 118 valence electrons. The SMILES string of the molecule is CCNCC(OC1CCCC(CC)C1)c1ccccc1Cl. The molecule has 3 unspecified atom stereocenters. The third-order valence-electron chi connectivity index (χ3n) is 4.50. The first-order chi connectivity index (χ1) is 10.2. The molecule has 0 saturated heterocycles. The van der Waals surface area contributed by atoms with Gasteiger partial charge in [0.1, 0.15) is 0 Å². The number of nitrogens with one attached hydrogen (secondary N) is 1. The van der Waals surface area contributed by atoms with E-state index in [1.165, 1.54) is 32.1 Å². The number of ether oxygens (including phenoxy) is 1. The summed E-state index contributed by atoms with van der Waals surface area (Å²) in [7, 11) is 0. The zero-order valence-corrected chi connectivity index (χ0v) is 14.0.